The third-order valence-corrected chi connectivity index (χ3v) is 2.17. The van der Waals surface area contributed by atoms with Crippen molar-refractivity contribution >= 4 is 11.7 Å². The Morgan fingerprint density at radius 1 is 1.67 bits per heavy atom. The summed E-state index contributed by atoms with van der Waals surface area (Å²) in [7, 11) is 0. The lowest BCUT2D eigenvalue weighted by Crippen LogP contribution is -2.25. The Bertz CT molecular complexity index is 471. The predicted octanol–water partition coefficient (Wildman–Crippen LogP) is 1.72. The molecule has 1 heterocycles. The molecule has 96 valence electrons. The smallest absolute Gasteiger partial charge is 0.263 e. The van der Waals surface area contributed by atoms with Gasteiger partial charge in [-0.15, -0.1) is 0 Å². The third-order valence-electron chi connectivity index (χ3n) is 2.17. The molecular formula is C12H16N4O2. The zero-order valence-corrected chi connectivity index (χ0v) is 10.5. The number of nitriles is 1. The van der Waals surface area contributed by atoms with Gasteiger partial charge in [0.25, 0.3) is 5.91 Å². The lowest BCUT2D eigenvalue weighted by Gasteiger charge is -2.02. The summed E-state index contributed by atoms with van der Waals surface area (Å²) in [6.45, 7) is 4.35. The molecule has 0 saturated carbocycles. The van der Waals surface area contributed by atoms with Gasteiger partial charge in [-0.25, -0.2) is 0 Å². The number of anilines is 1. The van der Waals surface area contributed by atoms with Crippen molar-refractivity contribution in [1.29, 1.82) is 5.26 Å². The maximum absolute atomic E-state index is 11.6. The first-order valence-electron chi connectivity index (χ1n) is 5.75. The molecule has 6 heteroatoms. The molecule has 1 rings (SSSR count). The summed E-state index contributed by atoms with van der Waals surface area (Å²) in [5.74, 6) is 0.720. The van der Waals surface area contributed by atoms with Crippen LogP contribution in [0, 0.1) is 18.3 Å². The van der Waals surface area contributed by atoms with E-state index in [1.54, 1.807) is 13.0 Å². The van der Waals surface area contributed by atoms with Gasteiger partial charge in [-0.3, -0.25) is 4.79 Å². The summed E-state index contributed by atoms with van der Waals surface area (Å²) in [5, 5.41) is 18.0. The molecule has 0 unspecified atom stereocenters. The second kappa shape index (κ2) is 7.12. The van der Waals surface area contributed by atoms with Crippen LogP contribution in [0.5, 0.6) is 0 Å². The first-order valence-corrected chi connectivity index (χ1v) is 5.75. The van der Waals surface area contributed by atoms with Gasteiger partial charge in [0.1, 0.15) is 17.4 Å². The summed E-state index contributed by atoms with van der Waals surface area (Å²) < 4.78 is 4.85. The van der Waals surface area contributed by atoms with Crippen molar-refractivity contribution in [2.75, 3.05) is 11.9 Å². The summed E-state index contributed by atoms with van der Waals surface area (Å²) in [6, 6.07) is 3.50. The zero-order chi connectivity index (χ0) is 13.4. The number of nitrogens with zero attached hydrogens (tertiary/aromatic N) is 2. The molecule has 1 amide bonds. The minimum atomic E-state index is -0.390. The van der Waals surface area contributed by atoms with Crippen molar-refractivity contribution in [3.8, 4) is 6.07 Å². The Morgan fingerprint density at radius 3 is 3.00 bits per heavy atom. The zero-order valence-electron chi connectivity index (χ0n) is 10.5. The molecule has 1 aromatic rings. The van der Waals surface area contributed by atoms with Gasteiger partial charge in [0.2, 0.25) is 0 Å². The van der Waals surface area contributed by atoms with Gasteiger partial charge in [0.15, 0.2) is 5.82 Å². The molecule has 0 aromatic carbocycles. The largest absolute Gasteiger partial charge is 0.360 e. The summed E-state index contributed by atoms with van der Waals surface area (Å²) in [4.78, 5) is 11.6. The summed E-state index contributed by atoms with van der Waals surface area (Å²) in [6.07, 6.45) is 3.20. The Labute approximate surface area is 106 Å². The highest BCUT2D eigenvalue weighted by Gasteiger charge is 2.08. The van der Waals surface area contributed by atoms with Crippen molar-refractivity contribution in [1.82, 2.24) is 10.5 Å². The van der Waals surface area contributed by atoms with Crippen molar-refractivity contribution in [2.45, 2.75) is 26.7 Å². The summed E-state index contributed by atoms with van der Waals surface area (Å²) in [5.41, 5.74) is 0.00626. The highest BCUT2D eigenvalue weighted by atomic mass is 16.5. The fourth-order valence-corrected chi connectivity index (χ4v) is 1.20. The maximum Gasteiger partial charge on any atom is 0.263 e. The molecule has 18 heavy (non-hydrogen) atoms. The van der Waals surface area contributed by atoms with E-state index < -0.39 is 5.91 Å². The van der Waals surface area contributed by atoms with Crippen molar-refractivity contribution in [3.63, 3.8) is 0 Å². The number of rotatable bonds is 6. The second-order valence-electron chi connectivity index (χ2n) is 3.75. The molecule has 0 fully saturated rings. The standard InChI is InChI=1S/C12H16N4O2/c1-3-4-5-14-12(17)10(7-13)8-15-11-6-9(2)18-16-11/h6,8H,3-5H2,1-2H3,(H,14,17)(H,15,16)/b10-8-. The van der Waals surface area contributed by atoms with Crippen LogP contribution >= 0.6 is 0 Å². The molecule has 0 spiro atoms. The van der Waals surface area contributed by atoms with Crippen LogP contribution in [-0.2, 0) is 4.79 Å². The number of carbonyl (C=O) groups excluding carboxylic acids is 1. The molecule has 2 N–H and O–H groups in total. The van der Waals surface area contributed by atoms with Crippen LogP contribution in [0.3, 0.4) is 0 Å². The van der Waals surface area contributed by atoms with Gasteiger partial charge in [-0.05, 0) is 13.3 Å². The molecule has 0 aliphatic carbocycles. The normalized spacial score (nSPS) is 10.8. The highest BCUT2D eigenvalue weighted by Crippen LogP contribution is 2.07. The molecule has 0 aliphatic heterocycles. The molecule has 6 nitrogen and oxygen atoms in total. The van der Waals surface area contributed by atoms with Gasteiger partial charge in [-0.1, -0.05) is 18.5 Å². The summed E-state index contributed by atoms with van der Waals surface area (Å²) >= 11 is 0. The fraction of sp³-hybridized carbons (Fsp3) is 0.417. The van der Waals surface area contributed by atoms with E-state index in [0.717, 1.165) is 12.8 Å². The average Bonchev–Trinajstić information content (AvgIpc) is 2.76. The van der Waals surface area contributed by atoms with Gasteiger partial charge in [0, 0.05) is 18.8 Å². The number of carbonyl (C=O) groups is 1. The van der Waals surface area contributed by atoms with Crippen LogP contribution in [-0.4, -0.2) is 17.6 Å². The Morgan fingerprint density at radius 2 is 2.44 bits per heavy atom. The lowest BCUT2D eigenvalue weighted by atomic mass is 10.3. The van der Waals surface area contributed by atoms with Crippen molar-refractivity contribution in [2.24, 2.45) is 0 Å². The molecule has 0 bridgehead atoms. The van der Waals surface area contributed by atoms with Gasteiger partial charge in [-0.2, -0.15) is 5.26 Å². The number of amides is 1. The number of nitrogens with one attached hydrogen (secondary N) is 2. The Balaban J connectivity index is 2.54. The van der Waals surface area contributed by atoms with Gasteiger partial charge < -0.3 is 15.2 Å². The average molecular weight is 248 g/mol. The first-order chi connectivity index (χ1) is 8.67. The van der Waals surface area contributed by atoms with E-state index in [1.807, 2.05) is 13.0 Å². The fourth-order valence-electron chi connectivity index (χ4n) is 1.20. The lowest BCUT2D eigenvalue weighted by molar-refractivity contribution is -0.117. The third kappa shape index (κ3) is 4.29. The quantitative estimate of drug-likeness (QED) is 0.454. The van der Waals surface area contributed by atoms with Crippen LogP contribution in [0.1, 0.15) is 25.5 Å². The molecule has 0 saturated heterocycles. The van der Waals surface area contributed by atoms with Crippen LogP contribution in [0.4, 0.5) is 5.82 Å². The molecular weight excluding hydrogens is 232 g/mol. The van der Waals surface area contributed by atoms with E-state index in [-0.39, 0.29) is 5.57 Å². The van der Waals surface area contributed by atoms with E-state index in [1.165, 1.54) is 6.20 Å². The Hall–Kier alpha value is -2.29. The number of hydrogen-bond acceptors (Lipinski definition) is 5. The first kappa shape index (κ1) is 13.8. The molecule has 0 aliphatic rings. The van der Waals surface area contributed by atoms with E-state index in [0.29, 0.717) is 18.1 Å². The highest BCUT2D eigenvalue weighted by molar-refractivity contribution is 5.97. The van der Waals surface area contributed by atoms with Crippen molar-refractivity contribution < 1.29 is 9.32 Å². The molecule has 1 aromatic heterocycles. The van der Waals surface area contributed by atoms with Crippen molar-refractivity contribution in [3.05, 3.63) is 23.6 Å². The Kier molecular flexibility index (Phi) is 5.45. The van der Waals surface area contributed by atoms with Crippen LogP contribution in [0.15, 0.2) is 22.4 Å². The minimum absolute atomic E-state index is 0.00626. The molecule has 0 radical (unpaired) electrons. The number of hydrogen-bond donors (Lipinski definition) is 2. The van der Waals surface area contributed by atoms with Crippen LogP contribution in [0.2, 0.25) is 0 Å². The maximum atomic E-state index is 11.6. The van der Waals surface area contributed by atoms with Crippen LogP contribution < -0.4 is 10.6 Å². The molecule has 0 atom stereocenters. The second-order valence-corrected chi connectivity index (χ2v) is 3.75. The number of aryl methyl sites for hydroxylation is 1. The van der Waals surface area contributed by atoms with Gasteiger partial charge >= 0.3 is 0 Å². The number of aromatic nitrogens is 1. The minimum Gasteiger partial charge on any atom is -0.360 e. The van der Waals surface area contributed by atoms with E-state index in [9.17, 15) is 4.79 Å². The topological polar surface area (TPSA) is 91.0 Å². The van der Waals surface area contributed by atoms with Gasteiger partial charge in [0.05, 0.1) is 0 Å². The van der Waals surface area contributed by atoms with E-state index in [2.05, 4.69) is 15.8 Å². The predicted molar refractivity (Wildman–Crippen MR) is 66.5 cm³/mol. The van der Waals surface area contributed by atoms with E-state index in [4.69, 9.17) is 9.78 Å². The monoisotopic (exact) mass is 248 g/mol. The van der Waals surface area contributed by atoms with Crippen LogP contribution in [0.25, 0.3) is 0 Å². The SMILES string of the molecule is CCCCNC(=O)/C(C#N)=C\Nc1cc(C)on1. The van der Waals surface area contributed by atoms with E-state index >= 15 is 0 Å². The number of unbranched alkanes of at least 4 members (excludes halogenated alkanes) is 1.